The van der Waals surface area contributed by atoms with Gasteiger partial charge >= 0.3 is 6.09 Å². The summed E-state index contributed by atoms with van der Waals surface area (Å²) in [5.74, 6) is 0.684. The summed E-state index contributed by atoms with van der Waals surface area (Å²) < 4.78 is 7.48. The number of carbonyl (C=O) groups excluding carboxylic acids is 1. The van der Waals surface area contributed by atoms with E-state index >= 15 is 0 Å². The Balaban J connectivity index is 2.56. The van der Waals surface area contributed by atoms with E-state index in [4.69, 9.17) is 17.0 Å². The Bertz CT molecular complexity index is 444. The van der Waals surface area contributed by atoms with Gasteiger partial charge in [-0.15, -0.1) is 0 Å². The van der Waals surface area contributed by atoms with Crippen LogP contribution < -0.4 is 5.32 Å². The quantitative estimate of drug-likeness (QED) is 0.813. The van der Waals surface area contributed by atoms with Gasteiger partial charge in [-0.25, -0.2) is 4.79 Å². The van der Waals surface area contributed by atoms with Gasteiger partial charge in [-0.2, -0.15) is 5.10 Å². The van der Waals surface area contributed by atoms with Crippen LogP contribution in [0.25, 0.3) is 0 Å². The van der Waals surface area contributed by atoms with Crippen LogP contribution in [0, 0.1) is 4.77 Å². The van der Waals surface area contributed by atoms with Crippen molar-refractivity contribution in [1.82, 2.24) is 20.1 Å². The fraction of sp³-hybridized carbons (Fsp3) is 0.700. The summed E-state index contributed by atoms with van der Waals surface area (Å²) in [5.41, 5.74) is -0.500. The van der Waals surface area contributed by atoms with Crippen LogP contribution in [0.4, 0.5) is 4.79 Å². The molecule has 0 spiro atoms. The summed E-state index contributed by atoms with van der Waals surface area (Å²) >= 11 is 5.04. The number of ether oxygens (including phenoxy) is 1. The Morgan fingerprint density at radius 1 is 1.59 bits per heavy atom. The minimum absolute atomic E-state index is 0.288. The molecule has 0 saturated heterocycles. The molecule has 0 saturated carbocycles. The Hall–Kier alpha value is -1.37. The molecule has 2 N–H and O–H groups in total. The molecule has 17 heavy (non-hydrogen) atoms. The fourth-order valence-corrected chi connectivity index (χ4v) is 1.56. The zero-order chi connectivity index (χ0) is 13.1. The van der Waals surface area contributed by atoms with Crippen molar-refractivity contribution < 1.29 is 9.53 Å². The van der Waals surface area contributed by atoms with E-state index in [1.807, 2.05) is 32.3 Å². The number of hydrogen-bond donors (Lipinski definition) is 2. The van der Waals surface area contributed by atoms with Crippen LogP contribution in [0.1, 0.15) is 33.5 Å². The molecule has 6 nitrogen and oxygen atoms in total. The number of aromatic nitrogens is 3. The van der Waals surface area contributed by atoms with Crippen LogP contribution in [0.3, 0.4) is 0 Å². The second kappa shape index (κ2) is 5.31. The first-order valence-corrected chi connectivity index (χ1v) is 5.85. The third kappa shape index (κ3) is 4.18. The van der Waals surface area contributed by atoms with Crippen molar-refractivity contribution in [2.24, 2.45) is 0 Å². The molecule has 0 aromatic carbocycles. The molecular weight excluding hydrogens is 240 g/mol. The molecule has 7 heteroatoms. The van der Waals surface area contributed by atoms with Gasteiger partial charge in [0.15, 0.2) is 10.6 Å². The van der Waals surface area contributed by atoms with Gasteiger partial charge < -0.3 is 14.6 Å². The van der Waals surface area contributed by atoms with Gasteiger partial charge in [0.05, 0.1) is 6.54 Å². The van der Waals surface area contributed by atoms with Crippen molar-refractivity contribution in [3.05, 3.63) is 10.6 Å². The van der Waals surface area contributed by atoms with Crippen LogP contribution in [0.2, 0.25) is 0 Å². The Morgan fingerprint density at radius 2 is 2.24 bits per heavy atom. The molecule has 0 fully saturated rings. The van der Waals surface area contributed by atoms with E-state index in [0.717, 1.165) is 0 Å². The highest BCUT2D eigenvalue weighted by Crippen LogP contribution is 2.06. The first-order chi connectivity index (χ1) is 7.83. The smallest absolute Gasteiger partial charge is 0.408 e. The van der Waals surface area contributed by atoms with E-state index in [2.05, 4.69) is 15.5 Å². The van der Waals surface area contributed by atoms with Crippen LogP contribution in [0.5, 0.6) is 0 Å². The molecule has 0 aliphatic carbocycles. The number of hydrogen-bond acceptors (Lipinski definition) is 4. The molecule has 1 amide bonds. The minimum Gasteiger partial charge on any atom is -0.444 e. The number of H-pyrrole nitrogens is 1. The molecule has 1 aromatic heterocycles. The molecule has 0 aliphatic heterocycles. The number of aromatic amines is 1. The number of amides is 1. The zero-order valence-electron chi connectivity index (χ0n) is 10.5. The number of rotatable bonds is 3. The topological polar surface area (TPSA) is 71.9 Å². The molecule has 1 rings (SSSR count). The summed E-state index contributed by atoms with van der Waals surface area (Å²) in [5, 5.41) is 9.35. The molecule has 0 unspecified atom stereocenters. The molecule has 0 aliphatic rings. The highest BCUT2D eigenvalue weighted by Gasteiger charge is 2.16. The normalized spacial score (nSPS) is 11.3. The van der Waals surface area contributed by atoms with Gasteiger partial charge in [0, 0.05) is 6.54 Å². The van der Waals surface area contributed by atoms with E-state index in [1.54, 1.807) is 0 Å². The number of nitrogens with one attached hydrogen (secondary N) is 2. The summed E-state index contributed by atoms with van der Waals surface area (Å²) in [6.45, 7) is 8.40. The second-order valence-electron chi connectivity index (χ2n) is 4.54. The molecule has 1 aromatic rings. The van der Waals surface area contributed by atoms with Crippen molar-refractivity contribution in [3.63, 3.8) is 0 Å². The highest BCUT2D eigenvalue weighted by molar-refractivity contribution is 7.71. The summed E-state index contributed by atoms with van der Waals surface area (Å²) in [4.78, 5) is 11.4. The van der Waals surface area contributed by atoms with Gasteiger partial charge in [-0.3, -0.25) is 5.10 Å². The maximum Gasteiger partial charge on any atom is 0.408 e. The lowest BCUT2D eigenvalue weighted by Gasteiger charge is -2.19. The lowest BCUT2D eigenvalue weighted by atomic mass is 10.2. The molecule has 1 heterocycles. The highest BCUT2D eigenvalue weighted by atomic mass is 32.1. The van der Waals surface area contributed by atoms with Gasteiger partial charge in [-0.05, 0) is 39.9 Å². The Morgan fingerprint density at radius 3 is 2.76 bits per heavy atom. The monoisotopic (exact) mass is 258 g/mol. The van der Waals surface area contributed by atoms with E-state index in [0.29, 0.717) is 17.1 Å². The number of alkyl carbamates (subject to hydrolysis) is 1. The van der Waals surface area contributed by atoms with Crippen LogP contribution >= 0.6 is 12.2 Å². The average molecular weight is 258 g/mol. The van der Waals surface area contributed by atoms with E-state index < -0.39 is 11.7 Å². The molecule has 0 atom stereocenters. The Kier molecular flexibility index (Phi) is 4.28. The standard InChI is InChI=1S/C10H18N4O2S/c1-5-14-7(12-13-8(14)17)6-11-9(15)16-10(2,3)4/h5-6H2,1-4H3,(H,11,15)(H,13,17). The third-order valence-corrected chi connectivity index (χ3v) is 2.25. The predicted molar refractivity (Wildman–Crippen MR) is 66.2 cm³/mol. The average Bonchev–Trinajstić information content (AvgIpc) is 2.53. The maximum absolute atomic E-state index is 11.4. The van der Waals surface area contributed by atoms with E-state index in [9.17, 15) is 4.79 Å². The third-order valence-electron chi connectivity index (χ3n) is 1.94. The lowest BCUT2D eigenvalue weighted by Crippen LogP contribution is -2.32. The number of nitrogens with zero attached hydrogens (tertiary/aromatic N) is 2. The van der Waals surface area contributed by atoms with Crippen LogP contribution in [0.15, 0.2) is 0 Å². The minimum atomic E-state index is -0.500. The molecule has 0 bridgehead atoms. The summed E-state index contributed by atoms with van der Waals surface area (Å²) in [6, 6.07) is 0. The van der Waals surface area contributed by atoms with Crippen molar-refractivity contribution in [3.8, 4) is 0 Å². The largest absolute Gasteiger partial charge is 0.444 e. The van der Waals surface area contributed by atoms with Gasteiger partial charge in [-0.1, -0.05) is 0 Å². The molecule has 96 valence electrons. The molecular formula is C10H18N4O2S. The Labute approximate surface area is 105 Å². The second-order valence-corrected chi connectivity index (χ2v) is 4.93. The van der Waals surface area contributed by atoms with Crippen molar-refractivity contribution in [2.75, 3.05) is 0 Å². The SMILES string of the molecule is CCn1c(CNC(=O)OC(C)(C)C)n[nH]c1=S. The summed E-state index contributed by atoms with van der Waals surface area (Å²) in [7, 11) is 0. The molecule has 0 radical (unpaired) electrons. The van der Waals surface area contributed by atoms with Gasteiger partial charge in [0.25, 0.3) is 0 Å². The maximum atomic E-state index is 11.4. The first-order valence-electron chi connectivity index (χ1n) is 5.44. The summed E-state index contributed by atoms with van der Waals surface area (Å²) in [6.07, 6.45) is -0.464. The van der Waals surface area contributed by atoms with Crippen LogP contribution in [-0.4, -0.2) is 26.5 Å². The predicted octanol–water partition coefficient (Wildman–Crippen LogP) is 1.99. The number of carbonyl (C=O) groups is 1. The van der Waals surface area contributed by atoms with Crippen molar-refractivity contribution in [2.45, 2.75) is 46.4 Å². The van der Waals surface area contributed by atoms with Gasteiger partial charge in [0.2, 0.25) is 0 Å². The van der Waals surface area contributed by atoms with Crippen molar-refractivity contribution >= 4 is 18.3 Å². The van der Waals surface area contributed by atoms with Crippen molar-refractivity contribution in [1.29, 1.82) is 0 Å². The van der Waals surface area contributed by atoms with E-state index in [-0.39, 0.29) is 6.54 Å². The zero-order valence-corrected chi connectivity index (χ0v) is 11.3. The van der Waals surface area contributed by atoms with Gasteiger partial charge in [0.1, 0.15) is 5.60 Å². The fourth-order valence-electron chi connectivity index (χ4n) is 1.28. The van der Waals surface area contributed by atoms with E-state index in [1.165, 1.54) is 0 Å². The first kappa shape index (κ1) is 13.7. The van der Waals surface area contributed by atoms with Crippen LogP contribution in [-0.2, 0) is 17.8 Å². The lowest BCUT2D eigenvalue weighted by molar-refractivity contribution is 0.0521.